The van der Waals surface area contributed by atoms with Crippen molar-refractivity contribution in [3.8, 4) is 0 Å². The molecule has 1 aromatic heterocycles. The lowest BCUT2D eigenvalue weighted by Gasteiger charge is -2.18. The monoisotopic (exact) mass is 329 g/mol. The van der Waals surface area contributed by atoms with E-state index >= 15 is 0 Å². The van der Waals surface area contributed by atoms with Crippen molar-refractivity contribution in [2.75, 3.05) is 20.2 Å². The molecule has 0 fully saturated rings. The number of carbonyl (C=O) groups excluding carboxylic acids is 2. The largest absolute Gasteiger partial charge is 0.468 e. The van der Waals surface area contributed by atoms with Gasteiger partial charge in [-0.15, -0.1) is 11.3 Å². The number of fused-ring (bicyclic) bond motifs is 1. The van der Waals surface area contributed by atoms with Gasteiger partial charge in [0, 0.05) is 16.6 Å². The molecule has 4 nitrogen and oxygen atoms in total. The Bertz CT molecular complexity index is 701. The Hall–Kier alpha value is -1.66. The number of ether oxygens (including phenoxy) is 1. The summed E-state index contributed by atoms with van der Waals surface area (Å²) >= 11 is 7.31. The molecule has 1 aromatic carbocycles. The molecular weight excluding hydrogens is 317 g/mol. The Morgan fingerprint density at radius 3 is 2.76 bits per heavy atom. The number of hydrogen-bond acceptors (Lipinski definition) is 4. The van der Waals surface area contributed by atoms with E-state index in [0.717, 1.165) is 11.3 Å². The van der Waals surface area contributed by atoms with Gasteiger partial charge >= 0.3 is 5.97 Å². The second-order valence-corrected chi connectivity index (χ2v) is 5.71. The van der Waals surface area contributed by atoms with Crippen LogP contribution in [0.2, 0.25) is 5.02 Å². The molecule has 2 aromatic rings. The third kappa shape index (κ3) is 3.16. The molecule has 2 rings (SSSR count). The number of likely N-dealkylation sites (N-methyl/N-ethyl adjacent to an activating group) is 1. The highest BCUT2D eigenvalue weighted by Gasteiger charge is 2.23. The molecule has 7 heteroatoms. The number of rotatable bonds is 4. The average Bonchev–Trinajstić information content (AvgIpc) is 2.80. The van der Waals surface area contributed by atoms with Gasteiger partial charge in [0.05, 0.1) is 12.1 Å². The fourth-order valence-electron chi connectivity index (χ4n) is 1.87. The summed E-state index contributed by atoms with van der Waals surface area (Å²) < 4.78 is 18.4. The highest BCUT2D eigenvalue weighted by molar-refractivity contribution is 7.21. The van der Waals surface area contributed by atoms with Gasteiger partial charge in [0.25, 0.3) is 5.91 Å². The number of methoxy groups -OCH3 is 1. The Morgan fingerprint density at radius 2 is 2.14 bits per heavy atom. The van der Waals surface area contributed by atoms with Crippen LogP contribution in [-0.4, -0.2) is 37.0 Å². The number of benzene rings is 1. The fraction of sp³-hybridized carbons (Fsp3) is 0.286. The van der Waals surface area contributed by atoms with Gasteiger partial charge in [-0.3, -0.25) is 9.59 Å². The SMILES string of the molecule is CCN(CC(=O)OC)C(=O)c1sc2cc(F)ccc2c1Cl. The third-order valence-electron chi connectivity index (χ3n) is 3.00. The molecule has 1 heterocycles. The van der Waals surface area contributed by atoms with Gasteiger partial charge in [-0.1, -0.05) is 11.6 Å². The van der Waals surface area contributed by atoms with Crippen LogP contribution in [-0.2, 0) is 9.53 Å². The normalized spacial score (nSPS) is 10.7. The standard InChI is InChI=1S/C14H13ClFNO3S/c1-3-17(7-11(18)20-2)14(19)13-12(15)9-5-4-8(16)6-10(9)21-13/h4-6H,3,7H2,1-2H3. The fourth-order valence-corrected chi connectivity index (χ4v) is 3.37. The lowest BCUT2D eigenvalue weighted by atomic mass is 10.2. The molecule has 0 unspecified atom stereocenters. The van der Waals surface area contributed by atoms with Gasteiger partial charge < -0.3 is 9.64 Å². The first kappa shape index (κ1) is 15.7. The van der Waals surface area contributed by atoms with Gasteiger partial charge in [0.1, 0.15) is 17.2 Å². The minimum Gasteiger partial charge on any atom is -0.468 e. The summed E-state index contributed by atoms with van der Waals surface area (Å²) in [6.45, 7) is 1.94. The first-order chi connectivity index (χ1) is 9.97. The Morgan fingerprint density at radius 1 is 1.43 bits per heavy atom. The van der Waals surface area contributed by atoms with Crippen molar-refractivity contribution in [1.82, 2.24) is 4.90 Å². The molecule has 1 amide bonds. The smallest absolute Gasteiger partial charge is 0.325 e. The number of hydrogen-bond donors (Lipinski definition) is 0. The number of esters is 1. The Labute approximate surface area is 130 Å². The van der Waals surface area contributed by atoms with E-state index in [1.54, 1.807) is 6.92 Å². The zero-order valence-corrected chi connectivity index (χ0v) is 13.1. The molecule has 0 atom stereocenters. The summed E-state index contributed by atoms with van der Waals surface area (Å²) in [7, 11) is 1.26. The van der Waals surface area contributed by atoms with Crippen molar-refractivity contribution < 1.29 is 18.7 Å². The van der Waals surface area contributed by atoms with E-state index in [2.05, 4.69) is 4.74 Å². The number of nitrogens with zero attached hydrogens (tertiary/aromatic N) is 1. The van der Waals surface area contributed by atoms with Crippen LogP contribution in [0.1, 0.15) is 16.6 Å². The lowest BCUT2D eigenvalue weighted by Crippen LogP contribution is -2.35. The summed E-state index contributed by atoms with van der Waals surface area (Å²) in [5.41, 5.74) is 0. The van der Waals surface area contributed by atoms with E-state index in [1.807, 2.05) is 0 Å². The molecule has 0 radical (unpaired) electrons. The molecule has 0 saturated heterocycles. The molecule has 0 aliphatic heterocycles. The van der Waals surface area contributed by atoms with Crippen LogP contribution >= 0.6 is 22.9 Å². The van der Waals surface area contributed by atoms with Crippen molar-refractivity contribution in [2.45, 2.75) is 6.92 Å². The predicted molar refractivity (Wildman–Crippen MR) is 80.4 cm³/mol. The van der Waals surface area contributed by atoms with Gasteiger partial charge in [-0.25, -0.2) is 4.39 Å². The second kappa shape index (κ2) is 6.41. The number of carbonyl (C=O) groups is 2. The van der Waals surface area contributed by atoms with E-state index in [-0.39, 0.29) is 23.3 Å². The van der Waals surface area contributed by atoms with Gasteiger partial charge in [-0.2, -0.15) is 0 Å². The number of thiophene rings is 1. The first-order valence-corrected chi connectivity index (χ1v) is 7.41. The maximum atomic E-state index is 13.2. The van der Waals surface area contributed by atoms with E-state index in [4.69, 9.17) is 11.6 Å². The quantitative estimate of drug-likeness (QED) is 0.808. The van der Waals surface area contributed by atoms with Crippen LogP contribution < -0.4 is 0 Å². The molecule has 0 saturated carbocycles. The highest BCUT2D eigenvalue weighted by Crippen LogP contribution is 2.36. The summed E-state index contributed by atoms with van der Waals surface area (Å²) in [4.78, 5) is 25.4. The van der Waals surface area contributed by atoms with Crippen molar-refractivity contribution in [3.05, 3.63) is 33.9 Å². The summed E-state index contributed by atoms with van der Waals surface area (Å²) in [5, 5.41) is 0.906. The van der Waals surface area contributed by atoms with Crippen LogP contribution in [0.4, 0.5) is 4.39 Å². The Balaban J connectivity index is 2.38. The van der Waals surface area contributed by atoms with Crippen LogP contribution in [0.25, 0.3) is 10.1 Å². The molecule has 21 heavy (non-hydrogen) atoms. The van der Waals surface area contributed by atoms with Crippen molar-refractivity contribution in [3.63, 3.8) is 0 Å². The van der Waals surface area contributed by atoms with Gasteiger partial charge in [0.15, 0.2) is 0 Å². The third-order valence-corrected chi connectivity index (χ3v) is 4.65. The molecule has 0 aliphatic carbocycles. The zero-order valence-electron chi connectivity index (χ0n) is 11.5. The van der Waals surface area contributed by atoms with Crippen LogP contribution in [0.3, 0.4) is 0 Å². The predicted octanol–water partition coefficient (Wildman–Crippen LogP) is 3.33. The topological polar surface area (TPSA) is 46.6 Å². The summed E-state index contributed by atoms with van der Waals surface area (Å²) in [6.07, 6.45) is 0. The highest BCUT2D eigenvalue weighted by atomic mass is 35.5. The summed E-state index contributed by atoms with van der Waals surface area (Å²) in [5.74, 6) is -1.26. The maximum Gasteiger partial charge on any atom is 0.325 e. The van der Waals surface area contributed by atoms with Gasteiger partial charge in [0.2, 0.25) is 0 Å². The van der Waals surface area contributed by atoms with E-state index in [1.165, 1.54) is 30.2 Å². The summed E-state index contributed by atoms with van der Waals surface area (Å²) in [6, 6.07) is 4.16. The first-order valence-electron chi connectivity index (χ1n) is 6.21. The van der Waals surface area contributed by atoms with Crippen LogP contribution in [0.5, 0.6) is 0 Å². The van der Waals surface area contributed by atoms with Crippen molar-refractivity contribution in [1.29, 1.82) is 0 Å². The molecule has 0 bridgehead atoms. The van der Waals surface area contributed by atoms with E-state index in [9.17, 15) is 14.0 Å². The lowest BCUT2D eigenvalue weighted by molar-refractivity contribution is -0.141. The van der Waals surface area contributed by atoms with Gasteiger partial charge in [-0.05, 0) is 25.1 Å². The van der Waals surface area contributed by atoms with Crippen molar-refractivity contribution >= 4 is 44.9 Å². The van der Waals surface area contributed by atoms with Crippen molar-refractivity contribution in [2.24, 2.45) is 0 Å². The second-order valence-electron chi connectivity index (χ2n) is 4.28. The number of halogens is 2. The zero-order chi connectivity index (χ0) is 15.6. The molecule has 112 valence electrons. The average molecular weight is 330 g/mol. The van der Waals surface area contributed by atoms with Crippen LogP contribution in [0, 0.1) is 5.82 Å². The minimum atomic E-state index is -0.506. The minimum absolute atomic E-state index is 0.148. The van der Waals surface area contributed by atoms with E-state index < -0.39 is 5.97 Å². The maximum absolute atomic E-state index is 13.2. The molecule has 0 N–H and O–H groups in total. The molecule has 0 spiro atoms. The Kier molecular flexibility index (Phi) is 4.80. The van der Waals surface area contributed by atoms with E-state index in [0.29, 0.717) is 21.5 Å². The number of amides is 1. The molecule has 0 aliphatic rings. The van der Waals surface area contributed by atoms with Crippen LogP contribution in [0.15, 0.2) is 18.2 Å². The molecular formula is C14H13ClFNO3S.